The molecule has 3 N–H and O–H groups in total. The van der Waals surface area contributed by atoms with Crippen LogP contribution in [0.1, 0.15) is 12.8 Å². The van der Waals surface area contributed by atoms with Crippen molar-refractivity contribution in [2.24, 2.45) is 5.73 Å². The normalized spacial score (nSPS) is 14.9. The van der Waals surface area contributed by atoms with Crippen molar-refractivity contribution < 1.29 is 9.53 Å². The molecule has 1 aliphatic rings. The number of halogens is 2. The van der Waals surface area contributed by atoms with Crippen LogP contribution >= 0.6 is 24.8 Å². The number of amides is 1. The van der Waals surface area contributed by atoms with E-state index in [0.717, 1.165) is 24.5 Å². The van der Waals surface area contributed by atoms with Crippen LogP contribution in [0.5, 0.6) is 0 Å². The number of nitrogens with one attached hydrogen (secondary N) is 1. The molecular weight excluding hydrogens is 313 g/mol. The number of benzene rings is 1. The fourth-order valence-electron chi connectivity index (χ4n) is 2.25. The highest BCUT2D eigenvalue weighted by molar-refractivity contribution is 5.95. The number of hydrogen-bond donors (Lipinski definition) is 2. The van der Waals surface area contributed by atoms with Gasteiger partial charge >= 0.3 is 0 Å². The molecule has 0 aliphatic carbocycles. The lowest BCUT2D eigenvalue weighted by Gasteiger charge is -2.19. The summed E-state index contributed by atoms with van der Waals surface area (Å²) in [4.78, 5) is 14.1. The Morgan fingerprint density at radius 1 is 1.38 bits per heavy atom. The van der Waals surface area contributed by atoms with E-state index >= 15 is 0 Å². The van der Waals surface area contributed by atoms with Gasteiger partial charge < -0.3 is 20.7 Å². The molecule has 1 atom stereocenters. The lowest BCUT2D eigenvalue weighted by atomic mass is 10.2. The largest absolute Gasteiger partial charge is 0.383 e. The Bertz CT molecular complexity index is 440. The number of ether oxygens (including phenoxy) is 1. The zero-order valence-corrected chi connectivity index (χ0v) is 13.7. The third-order valence-corrected chi connectivity index (χ3v) is 3.27. The fraction of sp³-hybridized carbons (Fsp3) is 0.500. The van der Waals surface area contributed by atoms with Crippen molar-refractivity contribution >= 4 is 42.1 Å². The molecule has 5 nitrogen and oxygen atoms in total. The van der Waals surface area contributed by atoms with Gasteiger partial charge in [0.2, 0.25) is 5.91 Å². The summed E-state index contributed by atoms with van der Waals surface area (Å²) in [7, 11) is 1.53. The van der Waals surface area contributed by atoms with Gasteiger partial charge in [0.25, 0.3) is 0 Å². The molecule has 1 heterocycles. The van der Waals surface area contributed by atoms with Gasteiger partial charge in [0, 0.05) is 31.6 Å². The van der Waals surface area contributed by atoms with Crippen LogP contribution in [0, 0.1) is 0 Å². The summed E-state index contributed by atoms with van der Waals surface area (Å²) in [5, 5.41) is 2.82. The topological polar surface area (TPSA) is 67.6 Å². The van der Waals surface area contributed by atoms with Crippen LogP contribution in [-0.2, 0) is 9.53 Å². The first-order valence-electron chi connectivity index (χ1n) is 6.61. The Kier molecular flexibility index (Phi) is 9.37. The highest BCUT2D eigenvalue weighted by Gasteiger charge is 2.15. The summed E-state index contributed by atoms with van der Waals surface area (Å²) in [5.74, 6) is -0.222. The predicted molar refractivity (Wildman–Crippen MR) is 90.9 cm³/mol. The molecule has 0 saturated carbocycles. The average molecular weight is 336 g/mol. The Morgan fingerprint density at radius 3 is 2.67 bits per heavy atom. The van der Waals surface area contributed by atoms with Crippen molar-refractivity contribution in [2.75, 3.05) is 37.0 Å². The standard InChI is InChI=1S/C14H21N3O2.2ClH/c1-19-10-13(15)14(18)16-11-5-4-6-12(9-11)17-7-2-3-8-17;;/h4-6,9,13H,2-3,7-8,10,15H2,1H3,(H,16,18);2*1H. The van der Waals surface area contributed by atoms with Gasteiger partial charge in [0.05, 0.1) is 6.61 Å². The zero-order valence-electron chi connectivity index (χ0n) is 12.1. The molecule has 1 saturated heterocycles. The minimum Gasteiger partial charge on any atom is -0.383 e. The predicted octanol–water partition coefficient (Wildman–Crippen LogP) is 2.04. The van der Waals surface area contributed by atoms with Crippen molar-refractivity contribution in [2.45, 2.75) is 18.9 Å². The van der Waals surface area contributed by atoms with E-state index in [2.05, 4.69) is 16.3 Å². The first-order valence-corrected chi connectivity index (χ1v) is 6.61. The number of rotatable bonds is 5. The van der Waals surface area contributed by atoms with Crippen molar-refractivity contribution in [1.82, 2.24) is 0 Å². The molecule has 0 spiro atoms. The summed E-state index contributed by atoms with van der Waals surface area (Å²) in [6, 6.07) is 7.24. The Morgan fingerprint density at radius 2 is 2.05 bits per heavy atom. The number of nitrogens with zero attached hydrogens (tertiary/aromatic N) is 1. The second kappa shape index (κ2) is 9.84. The summed E-state index contributed by atoms with van der Waals surface area (Å²) >= 11 is 0. The Balaban J connectivity index is 0.00000200. The maximum Gasteiger partial charge on any atom is 0.243 e. The van der Waals surface area contributed by atoms with Crippen LogP contribution < -0.4 is 16.0 Å². The lowest BCUT2D eigenvalue weighted by Crippen LogP contribution is -2.39. The number of nitrogens with two attached hydrogens (primary N) is 1. The Labute approximate surface area is 138 Å². The second-order valence-electron chi connectivity index (χ2n) is 4.80. The number of hydrogen-bond acceptors (Lipinski definition) is 4. The third-order valence-electron chi connectivity index (χ3n) is 3.27. The van der Waals surface area contributed by atoms with Gasteiger partial charge in [-0.1, -0.05) is 6.07 Å². The first kappa shape index (κ1) is 20.0. The van der Waals surface area contributed by atoms with E-state index in [1.807, 2.05) is 18.2 Å². The van der Waals surface area contributed by atoms with Crippen molar-refractivity contribution in [3.63, 3.8) is 0 Å². The fourth-order valence-corrected chi connectivity index (χ4v) is 2.25. The number of carbonyl (C=O) groups is 1. The van der Waals surface area contributed by atoms with Crippen LogP contribution in [0.4, 0.5) is 11.4 Å². The second-order valence-corrected chi connectivity index (χ2v) is 4.80. The highest BCUT2D eigenvalue weighted by atomic mass is 35.5. The summed E-state index contributed by atoms with van der Waals surface area (Å²) in [6.45, 7) is 2.39. The molecule has 120 valence electrons. The minimum atomic E-state index is -0.638. The highest BCUT2D eigenvalue weighted by Crippen LogP contribution is 2.23. The molecule has 1 aromatic rings. The molecule has 1 aliphatic heterocycles. The summed E-state index contributed by atoms with van der Waals surface area (Å²) in [6.07, 6.45) is 2.46. The van der Waals surface area contributed by atoms with Crippen LogP contribution in [0.25, 0.3) is 0 Å². The summed E-state index contributed by atoms with van der Waals surface area (Å²) in [5.41, 5.74) is 7.62. The lowest BCUT2D eigenvalue weighted by molar-refractivity contribution is -0.118. The molecule has 1 amide bonds. The van der Waals surface area contributed by atoms with E-state index in [1.165, 1.54) is 20.0 Å². The van der Waals surface area contributed by atoms with Gasteiger partial charge in [-0.2, -0.15) is 0 Å². The molecule has 1 fully saturated rings. The van der Waals surface area contributed by atoms with Gasteiger partial charge in [-0.05, 0) is 31.0 Å². The smallest absolute Gasteiger partial charge is 0.243 e. The quantitative estimate of drug-likeness (QED) is 0.864. The van der Waals surface area contributed by atoms with Gasteiger partial charge in [0.15, 0.2) is 0 Å². The molecule has 2 rings (SSSR count). The van der Waals surface area contributed by atoms with Crippen molar-refractivity contribution in [3.05, 3.63) is 24.3 Å². The van der Waals surface area contributed by atoms with Crippen LogP contribution in [0.15, 0.2) is 24.3 Å². The molecular formula is C14H23Cl2N3O2. The van der Waals surface area contributed by atoms with Gasteiger partial charge in [-0.25, -0.2) is 0 Å². The van der Waals surface area contributed by atoms with Crippen LogP contribution in [-0.4, -0.2) is 38.8 Å². The molecule has 1 aromatic carbocycles. The number of methoxy groups -OCH3 is 1. The first-order chi connectivity index (χ1) is 9.20. The maximum atomic E-state index is 11.8. The van der Waals surface area contributed by atoms with E-state index in [-0.39, 0.29) is 37.3 Å². The Hall–Kier alpha value is -1.01. The van der Waals surface area contributed by atoms with E-state index in [4.69, 9.17) is 10.5 Å². The molecule has 7 heteroatoms. The zero-order chi connectivity index (χ0) is 13.7. The van der Waals surface area contributed by atoms with Crippen LogP contribution in [0.2, 0.25) is 0 Å². The van der Waals surface area contributed by atoms with Gasteiger partial charge in [-0.3, -0.25) is 4.79 Å². The number of carbonyl (C=O) groups excluding carboxylic acids is 1. The van der Waals surface area contributed by atoms with E-state index < -0.39 is 6.04 Å². The van der Waals surface area contributed by atoms with E-state index in [0.29, 0.717) is 0 Å². The molecule has 0 aromatic heterocycles. The molecule has 0 bridgehead atoms. The monoisotopic (exact) mass is 335 g/mol. The SMILES string of the molecule is COCC(N)C(=O)Nc1cccc(N2CCCC2)c1.Cl.Cl. The van der Waals surface area contributed by atoms with Crippen molar-refractivity contribution in [1.29, 1.82) is 0 Å². The van der Waals surface area contributed by atoms with Gasteiger partial charge in [-0.15, -0.1) is 24.8 Å². The molecule has 0 radical (unpaired) electrons. The average Bonchev–Trinajstić information content (AvgIpc) is 2.93. The van der Waals surface area contributed by atoms with Crippen LogP contribution in [0.3, 0.4) is 0 Å². The summed E-state index contributed by atoms with van der Waals surface area (Å²) < 4.78 is 4.87. The minimum absolute atomic E-state index is 0. The molecule has 21 heavy (non-hydrogen) atoms. The van der Waals surface area contributed by atoms with Gasteiger partial charge in [0.1, 0.15) is 6.04 Å². The maximum absolute atomic E-state index is 11.8. The van der Waals surface area contributed by atoms with E-state index in [1.54, 1.807) is 0 Å². The van der Waals surface area contributed by atoms with E-state index in [9.17, 15) is 4.79 Å². The number of anilines is 2. The third kappa shape index (κ3) is 5.71. The van der Waals surface area contributed by atoms with Crippen molar-refractivity contribution in [3.8, 4) is 0 Å². The molecule has 1 unspecified atom stereocenters.